The zero-order chi connectivity index (χ0) is 23.7. The summed E-state index contributed by atoms with van der Waals surface area (Å²) in [6.45, 7) is 0. The maximum absolute atomic E-state index is 11.1. The van der Waals surface area contributed by atoms with Crippen molar-refractivity contribution >= 4 is 34.4 Å². The van der Waals surface area contributed by atoms with Crippen LogP contribution < -0.4 is 10.1 Å². The van der Waals surface area contributed by atoms with E-state index < -0.39 is 5.97 Å². The molecule has 0 amide bonds. The monoisotopic (exact) mass is 476 g/mol. The van der Waals surface area contributed by atoms with Crippen LogP contribution in [0.1, 0.15) is 25.7 Å². The second-order valence-corrected chi connectivity index (χ2v) is 8.97. The van der Waals surface area contributed by atoms with Crippen LogP contribution in [0.4, 0.5) is 5.69 Å². The molecule has 4 aromatic rings. The first-order valence-electron chi connectivity index (χ1n) is 11.3. The molecule has 1 aliphatic rings. The Bertz CT molecular complexity index is 1310. The molecule has 1 aliphatic carbocycles. The number of rotatable bonds is 6. The van der Waals surface area contributed by atoms with E-state index in [-0.39, 0.29) is 12.0 Å². The van der Waals surface area contributed by atoms with E-state index in [1.165, 1.54) is 0 Å². The SMILES string of the molecule is CNc1ccc(-c2ccc(-c3nc4nc(OC5CCC(C(=O)O)CC5)[nH]c4cc3Cl)cc2)cc1. The number of H-pyrrole nitrogens is 1. The van der Waals surface area contributed by atoms with Crippen LogP contribution in [0.15, 0.2) is 54.6 Å². The molecule has 2 aromatic heterocycles. The highest BCUT2D eigenvalue weighted by molar-refractivity contribution is 6.33. The van der Waals surface area contributed by atoms with E-state index in [0.29, 0.717) is 53.6 Å². The van der Waals surface area contributed by atoms with E-state index in [9.17, 15) is 4.79 Å². The zero-order valence-electron chi connectivity index (χ0n) is 18.7. The molecule has 0 atom stereocenters. The van der Waals surface area contributed by atoms with Crippen molar-refractivity contribution in [2.75, 3.05) is 12.4 Å². The maximum atomic E-state index is 11.1. The van der Waals surface area contributed by atoms with E-state index in [2.05, 4.69) is 44.5 Å². The van der Waals surface area contributed by atoms with Gasteiger partial charge in [-0.2, -0.15) is 4.98 Å². The van der Waals surface area contributed by atoms with E-state index in [0.717, 1.165) is 22.4 Å². The number of nitrogens with zero attached hydrogens (tertiary/aromatic N) is 2. The summed E-state index contributed by atoms with van der Waals surface area (Å²) in [5, 5.41) is 12.8. The Morgan fingerprint density at radius 2 is 1.62 bits per heavy atom. The molecule has 0 aliphatic heterocycles. The third-order valence-electron chi connectivity index (χ3n) is 6.37. The fourth-order valence-electron chi connectivity index (χ4n) is 4.39. The lowest BCUT2D eigenvalue weighted by Gasteiger charge is -2.25. The summed E-state index contributed by atoms with van der Waals surface area (Å²) < 4.78 is 5.99. The predicted molar refractivity (Wildman–Crippen MR) is 133 cm³/mol. The number of benzene rings is 2. The Kier molecular flexibility index (Phi) is 6.11. The minimum Gasteiger partial charge on any atom is -0.481 e. The van der Waals surface area contributed by atoms with Crippen molar-refractivity contribution in [3.05, 3.63) is 59.6 Å². The Labute approximate surface area is 202 Å². The van der Waals surface area contributed by atoms with Crippen molar-refractivity contribution in [1.82, 2.24) is 15.0 Å². The van der Waals surface area contributed by atoms with Crippen LogP contribution in [0.2, 0.25) is 5.02 Å². The molecule has 0 bridgehead atoms. The van der Waals surface area contributed by atoms with Gasteiger partial charge in [-0.3, -0.25) is 4.79 Å². The van der Waals surface area contributed by atoms with Crippen LogP contribution in [-0.2, 0) is 4.79 Å². The zero-order valence-corrected chi connectivity index (χ0v) is 19.5. The molecule has 5 rings (SSSR count). The Hall–Kier alpha value is -3.58. The molecule has 174 valence electrons. The van der Waals surface area contributed by atoms with Crippen LogP contribution >= 0.6 is 11.6 Å². The van der Waals surface area contributed by atoms with Crippen LogP contribution in [0.3, 0.4) is 0 Å². The third-order valence-corrected chi connectivity index (χ3v) is 6.66. The van der Waals surface area contributed by atoms with Gasteiger partial charge in [0.2, 0.25) is 0 Å². The number of carboxylic acids is 1. The molecule has 3 N–H and O–H groups in total. The lowest BCUT2D eigenvalue weighted by Crippen LogP contribution is -2.28. The molecule has 1 fully saturated rings. The number of nitrogens with one attached hydrogen (secondary N) is 2. The van der Waals surface area contributed by atoms with Gasteiger partial charge in [-0.05, 0) is 55.0 Å². The van der Waals surface area contributed by atoms with Gasteiger partial charge in [-0.1, -0.05) is 48.0 Å². The predicted octanol–water partition coefficient (Wildman–Crippen LogP) is 6.01. The molecule has 2 aromatic carbocycles. The Morgan fingerprint density at radius 1 is 1.00 bits per heavy atom. The number of fused-ring (bicyclic) bond motifs is 1. The number of carboxylic acid groups (broad SMARTS) is 1. The van der Waals surface area contributed by atoms with Crippen LogP contribution in [0.25, 0.3) is 33.5 Å². The van der Waals surface area contributed by atoms with Crippen molar-refractivity contribution in [3.8, 4) is 28.4 Å². The Balaban J connectivity index is 1.34. The number of halogens is 1. The van der Waals surface area contributed by atoms with Crippen LogP contribution in [-0.4, -0.2) is 39.2 Å². The van der Waals surface area contributed by atoms with Crippen molar-refractivity contribution in [2.24, 2.45) is 5.92 Å². The van der Waals surface area contributed by atoms with Gasteiger partial charge in [0.15, 0.2) is 5.65 Å². The second kappa shape index (κ2) is 9.35. The Morgan fingerprint density at radius 3 is 2.24 bits per heavy atom. The highest BCUT2D eigenvalue weighted by Crippen LogP contribution is 2.32. The summed E-state index contributed by atoms with van der Waals surface area (Å²) in [5.74, 6) is -1.01. The second-order valence-electron chi connectivity index (χ2n) is 8.57. The number of ether oxygens (including phenoxy) is 1. The molecule has 34 heavy (non-hydrogen) atoms. The van der Waals surface area contributed by atoms with Gasteiger partial charge >= 0.3 is 5.97 Å². The average Bonchev–Trinajstić information content (AvgIpc) is 3.25. The van der Waals surface area contributed by atoms with E-state index in [1.807, 2.05) is 37.4 Å². The standard InChI is InChI=1S/C26H25ClN4O3/c1-28-19-10-6-16(7-11-19)15-2-4-17(5-3-15)23-21(27)14-22-24(30-23)31-26(29-22)34-20-12-8-18(9-13-20)25(32)33/h2-7,10-11,14,18,20,28H,8-9,12-13H2,1H3,(H,32,33)(H,29,30,31). The lowest BCUT2D eigenvalue weighted by atomic mass is 9.87. The van der Waals surface area contributed by atoms with E-state index in [1.54, 1.807) is 0 Å². The van der Waals surface area contributed by atoms with Gasteiger partial charge in [-0.15, -0.1) is 0 Å². The molecule has 0 radical (unpaired) electrons. The fourth-order valence-corrected chi connectivity index (χ4v) is 4.65. The van der Waals surface area contributed by atoms with Crippen molar-refractivity contribution in [3.63, 3.8) is 0 Å². The lowest BCUT2D eigenvalue weighted by molar-refractivity contribution is -0.143. The topological polar surface area (TPSA) is 100 Å². The quantitative estimate of drug-likeness (QED) is 0.315. The smallest absolute Gasteiger partial charge is 0.306 e. The molecular formula is C26H25ClN4O3. The summed E-state index contributed by atoms with van der Waals surface area (Å²) in [4.78, 5) is 23.5. The van der Waals surface area contributed by atoms with Gasteiger partial charge in [0.05, 0.1) is 22.2 Å². The molecule has 7 nitrogen and oxygen atoms in total. The number of aromatic amines is 1. The molecule has 8 heteroatoms. The summed E-state index contributed by atoms with van der Waals surface area (Å²) in [7, 11) is 1.90. The van der Waals surface area contributed by atoms with Gasteiger partial charge in [-0.25, -0.2) is 4.98 Å². The molecule has 2 heterocycles. The van der Waals surface area contributed by atoms with Gasteiger partial charge in [0, 0.05) is 18.3 Å². The highest BCUT2D eigenvalue weighted by Gasteiger charge is 2.27. The first-order valence-corrected chi connectivity index (χ1v) is 11.7. The summed E-state index contributed by atoms with van der Waals surface area (Å²) in [6.07, 6.45) is 2.56. The van der Waals surface area contributed by atoms with Crippen LogP contribution in [0.5, 0.6) is 6.01 Å². The summed E-state index contributed by atoms with van der Waals surface area (Å²) in [5.41, 5.74) is 6.10. The summed E-state index contributed by atoms with van der Waals surface area (Å²) >= 11 is 6.56. The average molecular weight is 477 g/mol. The molecule has 0 unspecified atom stereocenters. The molecule has 0 saturated heterocycles. The normalized spacial score (nSPS) is 18.1. The van der Waals surface area contributed by atoms with E-state index >= 15 is 0 Å². The third kappa shape index (κ3) is 4.56. The number of imidazole rings is 1. The number of carbonyl (C=O) groups is 1. The number of aromatic nitrogens is 3. The largest absolute Gasteiger partial charge is 0.481 e. The minimum atomic E-state index is -0.728. The summed E-state index contributed by atoms with van der Waals surface area (Å²) in [6, 6.07) is 18.6. The number of aliphatic carboxylic acids is 1. The van der Waals surface area contributed by atoms with Gasteiger partial charge in [0.25, 0.3) is 6.01 Å². The maximum Gasteiger partial charge on any atom is 0.306 e. The van der Waals surface area contributed by atoms with Crippen molar-refractivity contribution in [2.45, 2.75) is 31.8 Å². The number of pyridine rings is 1. The number of anilines is 1. The number of hydrogen-bond acceptors (Lipinski definition) is 5. The number of hydrogen-bond donors (Lipinski definition) is 3. The first kappa shape index (κ1) is 22.2. The van der Waals surface area contributed by atoms with Gasteiger partial charge in [0.1, 0.15) is 6.10 Å². The van der Waals surface area contributed by atoms with Gasteiger partial charge < -0.3 is 20.1 Å². The van der Waals surface area contributed by atoms with Crippen molar-refractivity contribution in [1.29, 1.82) is 0 Å². The minimum absolute atomic E-state index is 0.0548. The fraction of sp³-hybridized carbons (Fsp3) is 0.269. The van der Waals surface area contributed by atoms with E-state index in [4.69, 9.17) is 21.4 Å². The van der Waals surface area contributed by atoms with Crippen molar-refractivity contribution < 1.29 is 14.6 Å². The molecule has 0 spiro atoms. The highest BCUT2D eigenvalue weighted by atomic mass is 35.5. The molecule has 1 saturated carbocycles. The first-order chi connectivity index (χ1) is 16.5. The molecular weight excluding hydrogens is 452 g/mol. The van der Waals surface area contributed by atoms with Crippen LogP contribution in [0, 0.1) is 5.92 Å².